The van der Waals surface area contributed by atoms with E-state index in [4.69, 9.17) is 14.2 Å². The summed E-state index contributed by atoms with van der Waals surface area (Å²) in [5, 5.41) is 0. The molecule has 2 saturated heterocycles. The molecule has 0 unspecified atom stereocenters. The minimum absolute atomic E-state index is 0.00515. The summed E-state index contributed by atoms with van der Waals surface area (Å²) in [7, 11) is 0. The third-order valence-electron chi connectivity index (χ3n) is 3.53. The number of alkyl halides is 1. The van der Waals surface area contributed by atoms with Crippen molar-refractivity contribution in [1.29, 1.82) is 0 Å². The molecule has 1 aromatic rings. The zero-order valence-corrected chi connectivity index (χ0v) is 12.5. The zero-order valence-electron chi connectivity index (χ0n) is 10.3. The Morgan fingerprint density at radius 3 is 2.89 bits per heavy atom. The fourth-order valence-corrected chi connectivity index (χ4v) is 3.48. The second-order valence-electron chi connectivity index (χ2n) is 4.78. The molecule has 0 radical (unpaired) electrons. The predicted octanol–water partition coefficient (Wildman–Crippen LogP) is 2.29. The number of hydrogen-bond acceptors (Lipinski definition) is 4. The van der Waals surface area contributed by atoms with E-state index in [1.165, 1.54) is 0 Å². The van der Waals surface area contributed by atoms with Gasteiger partial charge in [-0.15, -0.1) is 0 Å². The number of carbonyl (C=O) groups is 1. The van der Waals surface area contributed by atoms with E-state index >= 15 is 0 Å². The smallest absolute Gasteiger partial charge is 0.321 e. The minimum atomic E-state index is -0.427. The Kier molecular flexibility index (Phi) is 4.04. The van der Waals surface area contributed by atoms with Crippen molar-refractivity contribution in [2.24, 2.45) is 5.92 Å². The second-order valence-corrected chi connectivity index (χ2v) is 6.12. The summed E-state index contributed by atoms with van der Waals surface area (Å²) < 4.78 is 16.5. The van der Waals surface area contributed by atoms with Gasteiger partial charge in [0.25, 0.3) is 0 Å². The van der Waals surface area contributed by atoms with Crippen LogP contribution in [0.5, 0.6) is 0 Å². The number of carbonyl (C=O) groups excluding carboxylic acids is 1. The number of rotatable bonds is 3. The molecule has 0 aromatic heterocycles. The maximum Gasteiger partial charge on any atom is 0.321 e. The van der Waals surface area contributed by atoms with Crippen LogP contribution in [0, 0.1) is 5.92 Å². The maximum absolute atomic E-state index is 11.6. The van der Waals surface area contributed by atoms with Gasteiger partial charge in [-0.2, -0.15) is 0 Å². The molecule has 19 heavy (non-hydrogen) atoms. The first-order valence-corrected chi connectivity index (χ1v) is 7.62. The van der Waals surface area contributed by atoms with E-state index in [0.717, 1.165) is 12.0 Å². The largest absolute Gasteiger partial charge is 0.434 e. The highest BCUT2D eigenvalue weighted by Gasteiger charge is 2.50. The molecule has 0 saturated carbocycles. The standard InChI is InChI=1S/C14H15IO4/c15-12-11-10(6-7-17-14(11)19-13(12)16)18-8-9-4-2-1-3-5-9/h1-5,10-12,14H,6-8H2/t10-,11-,12-,14+/m1/s1. The van der Waals surface area contributed by atoms with Crippen LogP contribution >= 0.6 is 22.6 Å². The summed E-state index contributed by atoms with van der Waals surface area (Å²) in [6, 6.07) is 10.0. The number of halogens is 1. The van der Waals surface area contributed by atoms with Crippen LogP contribution in [0.1, 0.15) is 12.0 Å². The molecule has 0 bridgehead atoms. The molecule has 4 atom stereocenters. The van der Waals surface area contributed by atoms with E-state index in [1.807, 2.05) is 30.3 Å². The predicted molar refractivity (Wildman–Crippen MR) is 76.8 cm³/mol. The van der Waals surface area contributed by atoms with Crippen molar-refractivity contribution in [3.63, 3.8) is 0 Å². The van der Waals surface area contributed by atoms with Gasteiger partial charge in [-0.3, -0.25) is 4.79 Å². The van der Waals surface area contributed by atoms with Crippen LogP contribution in [0.2, 0.25) is 0 Å². The normalized spacial score (nSPS) is 33.8. The van der Waals surface area contributed by atoms with E-state index in [2.05, 4.69) is 22.6 Å². The number of hydrogen-bond donors (Lipinski definition) is 0. The van der Waals surface area contributed by atoms with Gasteiger partial charge in [-0.05, 0) is 12.0 Å². The van der Waals surface area contributed by atoms with Gasteiger partial charge in [-0.25, -0.2) is 0 Å². The summed E-state index contributed by atoms with van der Waals surface area (Å²) in [6.45, 7) is 1.14. The van der Waals surface area contributed by atoms with Gasteiger partial charge in [0.05, 0.1) is 25.2 Å². The lowest BCUT2D eigenvalue weighted by molar-refractivity contribution is -0.196. The fourth-order valence-electron chi connectivity index (χ4n) is 2.53. The van der Waals surface area contributed by atoms with Crippen molar-refractivity contribution in [2.75, 3.05) is 6.61 Å². The van der Waals surface area contributed by atoms with E-state index in [1.54, 1.807) is 0 Å². The third kappa shape index (κ3) is 2.78. The molecule has 5 heteroatoms. The van der Waals surface area contributed by atoms with Crippen LogP contribution in [-0.2, 0) is 25.6 Å². The van der Waals surface area contributed by atoms with Gasteiger partial charge in [0, 0.05) is 0 Å². The topological polar surface area (TPSA) is 44.8 Å². The van der Waals surface area contributed by atoms with Crippen LogP contribution in [0.15, 0.2) is 30.3 Å². The molecule has 0 spiro atoms. The van der Waals surface area contributed by atoms with E-state index in [0.29, 0.717) is 13.2 Å². The quantitative estimate of drug-likeness (QED) is 0.463. The Labute approximate surface area is 125 Å². The molecule has 2 fully saturated rings. The number of fused-ring (bicyclic) bond motifs is 1. The number of esters is 1. The van der Waals surface area contributed by atoms with Crippen LogP contribution in [0.3, 0.4) is 0 Å². The second kappa shape index (κ2) is 5.76. The number of ether oxygens (including phenoxy) is 3. The summed E-state index contributed by atoms with van der Waals surface area (Å²) in [4.78, 5) is 11.6. The van der Waals surface area contributed by atoms with Crippen molar-refractivity contribution in [3.8, 4) is 0 Å². The molecule has 0 amide bonds. The van der Waals surface area contributed by atoms with Crippen LogP contribution in [0.4, 0.5) is 0 Å². The van der Waals surface area contributed by atoms with Crippen molar-refractivity contribution in [2.45, 2.75) is 29.3 Å². The molecule has 2 heterocycles. The van der Waals surface area contributed by atoms with Crippen LogP contribution in [0.25, 0.3) is 0 Å². The lowest BCUT2D eigenvalue weighted by Crippen LogP contribution is -2.41. The van der Waals surface area contributed by atoms with Crippen molar-refractivity contribution < 1.29 is 19.0 Å². The minimum Gasteiger partial charge on any atom is -0.434 e. The Morgan fingerprint density at radius 1 is 1.32 bits per heavy atom. The summed E-state index contributed by atoms with van der Waals surface area (Å²) in [5.74, 6) is -0.184. The summed E-state index contributed by atoms with van der Waals surface area (Å²) in [5.41, 5.74) is 1.14. The molecular weight excluding hydrogens is 359 g/mol. The summed E-state index contributed by atoms with van der Waals surface area (Å²) in [6.07, 6.45) is 0.403. The fraction of sp³-hybridized carbons (Fsp3) is 0.500. The van der Waals surface area contributed by atoms with Gasteiger partial charge in [0.2, 0.25) is 6.29 Å². The Bertz CT molecular complexity index is 450. The lowest BCUT2D eigenvalue weighted by atomic mass is 9.95. The monoisotopic (exact) mass is 374 g/mol. The van der Waals surface area contributed by atoms with Crippen molar-refractivity contribution in [3.05, 3.63) is 35.9 Å². The third-order valence-corrected chi connectivity index (χ3v) is 4.87. The maximum atomic E-state index is 11.6. The van der Waals surface area contributed by atoms with E-state index < -0.39 is 6.29 Å². The van der Waals surface area contributed by atoms with E-state index in [9.17, 15) is 4.79 Å². The number of benzene rings is 1. The molecule has 1 aromatic carbocycles. The van der Waals surface area contributed by atoms with Gasteiger partial charge in [-0.1, -0.05) is 52.9 Å². The molecule has 2 aliphatic heterocycles. The van der Waals surface area contributed by atoms with Crippen LogP contribution in [-0.4, -0.2) is 28.9 Å². The Hall–Kier alpha value is -0.660. The van der Waals surface area contributed by atoms with Gasteiger partial charge < -0.3 is 14.2 Å². The Morgan fingerprint density at radius 2 is 2.11 bits per heavy atom. The molecule has 0 N–H and O–H groups in total. The first-order chi connectivity index (χ1) is 9.25. The van der Waals surface area contributed by atoms with Crippen LogP contribution < -0.4 is 0 Å². The molecular formula is C14H15IO4. The highest BCUT2D eigenvalue weighted by Crippen LogP contribution is 2.37. The molecule has 3 rings (SSSR count). The van der Waals surface area contributed by atoms with E-state index in [-0.39, 0.29) is 21.9 Å². The zero-order chi connectivity index (χ0) is 13.2. The average Bonchev–Trinajstić information content (AvgIpc) is 2.74. The highest BCUT2D eigenvalue weighted by atomic mass is 127. The first-order valence-electron chi connectivity index (χ1n) is 6.37. The molecule has 0 aliphatic carbocycles. The summed E-state index contributed by atoms with van der Waals surface area (Å²) >= 11 is 2.13. The van der Waals surface area contributed by atoms with Gasteiger partial charge >= 0.3 is 5.97 Å². The first kappa shape index (κ1) is 13.3. The molecule has 4 nitrogen and oxygen atoms in total. The van der Waals surface area contributed by atoms with Crippen molar-refractivity contribution in [1.82, 2.24) is 0 Å². The molecule has 2 aliphatic rings. The van der Waals surface area contributed by atoms with Crippen molar-refractivity contribution >= 4 is 28.6 Å². The molecule has 102 valence electrons. The Balaban J connectivity index is 1.65. The SMILES string of the molecule is O=C1O[C@@H]2OCC[C@@H](OCc3ccccc3)[C@@H]2[C@H]1I. The average molecular weight is 374 g/mol. The lowest BCUT2D eigenvalue weighted by Gasteiger charge is -2.32. The van der Waals surface area contributed by atoms with Gasteiger partial charge in [0.1, 0.15) is 3.92 Å². The van der Waals surface area contributed by atoms with Gasteiger partial charge in [0.15, 0.2) is 0 Å². The highest BCUT2D eigenvalue weighted by molar-refractivity contribution is 14.1.